The molecule has 7 heteroatoms. The molecule has 1 aliphatic heterocycles. The first-order valence-corrected chi connectivity index (χ1v) is 13.6. The van der Waals surface area contributed by atoms with E-state index in [0.717, 1.165) is 55.4 Å². The van der Waals surface area contributed by atoms with Crippen LogP contribution in [0.4, 0.5) is 11.8 Å². The van der Waals surface area contributed by atoms with E-state index in [1.807, 2.05) is 6.07 Å². The molecule has 0 unspecified atom stereocenters. The number of aryl methyl sites for hydroxylation is 2. The van der Waals surface area contributed by atoms with Crippen molar-refractivity contribution in [2.75, 3.05) is 45.4 Å². The molecule has 1 fully saturated rings. The molecule has 0 spiro atoms. The zero-order valence-corrected chi connectivity index (χ0v) is 23.7. The molecule has 2 heterocycles. The van der Waals surface area contributed by atoms with E-state index in [4.69, 9.17) is 20.2 Å². The molecule has 204 valence electrons. The molecule has 1 aromatic heterocycles. The van der Waals surface area contributed by atoms with Crippen LogP contribution in [0.15, 0.2) is 54.6 Å². The lowest BCUT2D eigenvalue weighted by molar-refractivity contribution is 0.151. The van der Waals surface area contributed by atoms with E-state index >= 15 is 0 Å². The summed E-state index contributed by atoms with van der Waals surface area (Å²) < 4.78 is 11.7. The summed E-state index contributed by atoms with van der Waals surface area (Å²) in [4.78, 5) is 11.8. The Balaban J connectivity index is 1.55. The van der Waals surface area contributed by atoms with Crippen molar-refractivity contribution >= 4 is 22.7 Å². The van der Waals surface area contributed by atoms with Gasteiger partial charge in [-0.2, -0.15) is 4.98 Å². The van der Waals surface area contributed by atoms with Crippen LogP contribution in [0.25, 0.3) is 10.9 Å². The van der Waals surface area contributed by atoms with Gasteiger partial charge in [0.2, 0.25) is 5.95 Å². The maximum absolute atomic E-state index is 6.57. The Kier molecular flexibility index (Phi) is 7.62. The number of nitrogens with one attached hydrogen (secondary N) is 1. The summed E-state index contributed by atoms with van der Waals surface area (Å²) in [6, 6.07) is 19.5. The maximum atomic E-state index is 6.57. The summed E-state index contributed by atoms with van der Waals surface area (Å²) in [6.45, 7) is 7.34. The second-order valence-electron chi connectivity index (χ2n) is 10.7. The predicted octanol–water partition coefficient (Wildman–Crippen LogP) is 5.66. The van der Waals surface area contributed by atoms with Crippen LogP contribution in [0.5, 0.6) is 11.5 Å². The summed E-state index contributed by atoms with van der Waals surface area (Å²) in [5.74, 6) is 2.27. The van der Waals surface area contributed by atoms with Crippen LogP contribution in [-0.4, -0.2) is 49.2 Å². The van der Waals surface area contributed by atoms with Crippen LogP contribution in [0.2, 0.25) is 0 Å². The van der Waals surface area contributed by atoms with Gasteiger partial charge in [0.05, 0.1) is 19.7 Å². The highest BCUT2D eigenvalue weighted by Gasteiger charge is 2.38. The number of aromatic nitrogens is 2. The quantitative estimate of drug-likeness (QED) is 0.307. The number of hydrogen-bond acceptors (Lipinski definition) is 7. The Morgan fingerprint density at radius 1 is 0.974 bits per heavy atom. The van der Waals surface area contributed by atoms with Crippen molar-refractivity contribution < 1.29 is 9.47 Å². The van der Waals surface area contributed by atoms with E-state index in [1.54, 1.807) is 21.3 Å². The fourth-order valence-corrected chi connectivity index (χ4v) is 6.12. The minimum absolute atomic E-state index is 0.0965. The first kappa shape index (κ1) is 26.8. The Morgan fingerprint density at radius 2 is 1.72 bits per heavy atom. The highest BCUT2D eigenvalue weighted by atomic mass is 16.5. The van der Waals surface area contributed by atoms with Gasteiger partial charge in [-0.1, -0.05) is 54.1 Å². The van der Waals surface area contributed by atoms with Crippen molar-refractivity contribution in [2.45, 2.75) is 45.1 Å². The normalized spacial score (nSPS) is 15.3. The van der Waals surface area contributed by atoms with E-state index in [-0.39, 0.29) is 5.41 Å². The van der Waals surface area contributed by atoms with E-state index in [9.17, 15) is 0 Å². The SMILES string of the molecule is CNc1nc(N)c2c(CC3(c4ccccc4)CCN(Cc4ccc(C)cc4C)CC3)c(OC)c(OC)cc2n1. The van der Waals surface area contributed by atoms with Crippen molar-refractivity contribution in [2.24, 2.45) is 0 Å². The van der Waals surface area contributed by atoms with Gasteiger partial charge < -0.3 is 20.5 Å². The molecule has 3 N–H and O–H groups in total. The number of ether oxygens (including phenoxy) is 2. The second-order valence-corrected chi connectivity index (χ2v) is 10.7. The lowest BCUT2D eigenvalue weighted by Gasteiger charge is -2.43. The number of nitrogens with two attached hydrogens (primary N) is 1. The molecule has 3 aromatic carbocycles. The number of rotatable bonds is 8. The Bertz CT molecular complexity index is 1460. The second kappa shape index (κ2) is 11.1. The van der Waals surface area contributed by atoms with Crippen LogP contribution >= 0.6 is 0 Å². The van der Waals surface area contributed by atoms with Crippen LogP contribution in [0.1, 0.15) is 40.7 Å². The minimum atomic E-state index is -0.0965. The zero-order chi connectivity index (χ0) is 27.6. The van der Waals surface area contributed by atoms with Crippen molar-refractivity contribution in [3.05, 3.63) is 82.4 Å². The molecule has 39 heavy (non-hydrogen) atoms. The summed E-state index contributed by atoms with van der Waals surface area (Å²) in [5.41, 5.74) is 13.6. The van der Waals surface area contributed by atoms with E-state index < -0.39 is 0 Å². The number of likely N-dealkylation sites (tertiary alicyclic amines) is 1. The number of piperidine rings is 1. The Morgan fingerprint density at radius 3 is 2.36 bits per heavy atom. The van der Waals surface area contributed by atoms with Crippen LogP contribution in [-0.2, 0) is 18.4 Å². The van der Waals surface area contributed by atoms with Gasteiger partial charge in [-0.15, -0.1) is 0 Å². The number of methoxy groups -OCH3 is 2. The van der Waals surface area contributed by atoms with Gasteiger partial charge in [-0.05, 0) is 62.9 Å². The topological polar surface area (TPSA) is 85.5 Å². The van der Waals surface area contributed by atoms with Gasteiger partial charge in [0.25, 0.3) is 0 Å². The number of anilines is 2. The summed E-state index contributed by atoms with van der Waals surface area (Å²) in [7, 11) is 5.14. The molecule has 0 atom stereocenters. The largest absolute Gasteiger partial charge is 0.493 e. The Labute approximate surface area is 231 Å². The van der Waals surface area contributed by atoms with Crippen molar-refractivity contribution in [1.29, 1.82) is 0 Å². The van der Waals surface area contributed by atoms with Crippen molar-refractivity contribution in [3.63, 3.8) is 0 Å². The zero-order valence-electron chi connectivity index (χ0n) is 23.7. The average Bonchev–Trinajstić information content (AvgIpc) is 2.95. The van der Waals surface area contributed by atoms with Gasteiger partial charge >= 0.3 is 0 Å². The Hall–Kier alpha value is -3.84. The predicted molar refractivity (Wildman–Crippen MR) is 159 cm³/mol. The van der Waals surface area contributed by atoms with Crippen molar-refractivity contribution in [1.82, 2.24) is 14.9 Å². The third-order valence-electron chi connectivity index (χ3n) is 8.29. The summed E-state index contributed by atoms with van der Waals surface area (Å²) in [6.07, 6.45) is 2.77. The summed E-state index contributed by atoms with van der Waals surface area (Å²) >= 11 is 0. The molecule has 0 radical (unpaired) electrons. The fourth-order valence-electron chi connectivity index (χ4n) is 6.12. The molecular formula is C32H39N5O2. The lowest BCUT2D eigenvalue weighted by Crippen LogP contribution is -2.43. The molecule has 7 nitrogen and oxygen atoms in total. The van der Waals surface area contributed by atoms with Gasteiger partial charge in [-0.25, -0.2) is 4.98 Å². The first-order valence-electron chi connectivity index (χ1n) is 13.6. The van der Waals surface area contributed by atoms with Crippen LogP contribution in [0, 0.1) is 13.8 Å². The number of fused-ring (bicyclic) bond motifs is 1. The average molecular weight is 526 g/mol. The van der Waals surface area contributed by atoms with Gasteiger partial charge in [0.15, 0.2) is 11.5 Å². The highest BCUT2D eigenvalue weighted by Crippen LogP contribution is 2.46. The molecule has 1 saturated heterocycles. The number of nitrogens with zero attached hydrogens (tertiary/aromatic N) is 3. The standard InChI is InChI=1S/C32H39N5O2/c1-21-11-12-23(22(2)17-21)20-37-15-13-32(14-16-37,24-9-7-6-8-10-24)19-25-28-26(18-27(38-4)29(25)39-5)35-31(34-3)36-30(28)33/h6-12,17-18H,13-16,19-20H2,1-5H3,(H3,33,34,35,36). The fraction of sp³-hybridized carbons (Fsp3) is 0.375. The third-order valence-corrected chi connectivity index (χ3v) is 8.29. The molecule has 4 aromatic rings. The van der Waals surface area contributed by atoms with Gasteiger partial charge in [-0.3, -0.25) is 4.90 Å². The van der Waals surface area contributed by atoms with E-state index in [1.165, 1.54) is 22.3 Å². The lowest BCUT2D eigenvalue weighted by atomic mass is 9.68. The molecule has 0 aliphatic carbocycles. The monoisotopic (exact) mass is 525 g/mol. The minimum Gasteiger partial charge on any atom is -0.493 e. The number of benzene rings is 3. The maximum Gasteiger partial charge on any atom is 0.224 e. The van der Waals surface area contributed by atoms with Crippen molar-refractivity contribution in [3.8, 4) is 11.5 Å². The smallest absolute Gasteiger partial charge is 0.224 e. The van der Waals surface area contributed by atoms with Crippen LogP contribution in [0.3, 0.4) is 0 Å². The van der Waals surface area contributed by atoms with Gasteiger partial charge in [0.1, 0.15) is 5.82 Å². The van der Waals surface area contributed by atoms with E-state index in [0.29, 0.717) is 23.3 Å². The van der Waals surface area contributed by atoms with Gasteiger partial charge in [0, 0.05) is 36.0 Å². The number of nitrogen functional groups attached to an aromatic ring is 1. The highest BCUT2D eigenvalue weighted by molar-refractivity contribution is 5.95. The third kappa shape index (κ3) is 5.23. The molecule has 0 bridgehead atoms. The van der Waals surface area contributed by atoms with E-state index in [2.05, 4.69) is 77.6 Å². The molecule has 0 amide bonds. The first-order chi connectivity index (χ1) is 18.9. The molecule has 0 saturated carbocycles. The molecule has 5 rings (SSSR count). The summed E-state index contributed by atoms with van der Waals surface area (Å²) in [5, 5.41) is 3.85. The molecular weight excluding hydrogens is 486 g/mol. The number of hydrogen-bond donors (Lipinski definition) is 2. The molecule has 1 aliphatic rings. The van der Waals surface area contributed by atoms with Crippen LogP contribution < -0.4 is 20.5 Å².